The van der Waals surface area contributed by atoms with Gasteiger partial charge < -0.3 is 9.64 Å². The predicted octanol–water partition coefficient (Wildman–Crippen LogP) is 0.774. The SMILES string of the molecule is O=C(c1cnns1)N1CCOC(CBr)C1. The summed E-state index contributed by atoms with van der Waals surface area (Å²) in [6, 6.07) is 0. The number of hydrogen-bond donors (Lipinski definition) is 0. The maximum Gasteiger partial charge on any atom is 0.267 e. The zero-order valence-electron chi connectivity index (χ0n) is 7.93. The molecule has 0 bridgehead atoms. The molecule has 1 aromatic heterocycles. The molecular weight excluding hydrogens is 282 g/mol. The highest BCUT2D eigenvalue weighted by Gasteiger charge is 2.25. The van der Waals surface area contributed by atoms with Gasteiger partial charge in [-0.2, -0.15) is 0 Å². The largest absolute Gasteiger partial charge is 0.374 e. The Morgan fingerprint density at radius 1 is 1.80 bits per heavy atom. The van der Waals surface area contributed by atoms with Crippen molar-refractivity contribution in [2.45, 2.75) is 6.10 Å². The number of morpholine rings is 1. The third-order valence-corrected chi connectivity index (χ3v) is 3.55. The van der Waals surface area contributed by atoms with Gasteiger partial charge in [-0.05, 0) is 11.5 Å². The van der Waals surface area contributed by atoms with Gasteiger partial charge in [0.15, 0.2) is 0 Å². The smallest absolute Gasteiger partial charge is 0.267 e. The summed E-state index contributed by atoms with van der Waals surface area (Å²) in [6.07, 6.45) is 1.59. The van der Waals surface area contributed by atoms with Crippen molar-refractivity contribution in [3.8, 4) is 0 Å². The highest BCUT2D eigenvalue weighted by atomic mass is 79.9. The molecule has 1 amide bonds. The third-order valence-electron chi connectivity index (χ3n) is 2.17. The van der Waals surface area contributed by atoms with Crippen LogP contribution in [-0.2, 0) is 4.74 Å². The first-order chi connectivity index (χ1) is 7.31. The average molecular weight is 292 g/mol. The molecular formula is C8H10BrN3O2S. The second kappa shape index (κ2) is 5.00. The Hall–Kier alpha value is -0.530. The van der Waals surface area contributed by atoms with Gasteiger partial charge in [-0.25, -0.2) is 0 Å². The molecule has 0 aliphatic carbocycles. The minimum absolute atomic E-state index is 0.000694. The number of halogens is 1. The van der Waals surface area contributed by atoms with Crippen LogP contribution in [0.15, 0.2) is 6.20 Å². The molecule has 2 rings (SSSR count). The fourth-order valence-corrected chi connectivity index (χ4v) is 2.29. The van der Waals surface area contributed by atoms with Crippen LogP contribution in [-0.4, -0.2) is 51.5 Å². The summed E-state index contributed by atoms with van der Waals surface area (Å²) in [6.45, 7) is 1.86. The quantitative estimate of drug-likeness (QED) is 0.756. The molecule has 5 nitrogen and oxygen atoms in total. The van der Waals surface area contributed by atoms with E-state index in [4.69, 9.17) is 4.74 Å². The summed E-state index contributed by atoms with van der Waals surface area (Å²) >= 11 is 4.48. The lowest BCUT2D eigenvalue weighted by atomic mass is 10.3. The van der Waals surface area contributed by atoms with E-state index in [0.717, 1.165) is 16.9 Å². The van der Waals surface area contributed by atoms with Gasteiger partial charge in [0.05, 0.1) is 18.9 Å². The number of alkyl halides is 1. The zero-order chi connectivity index (χ0) is 10.7. The number of rotatable bonds is 2. The molecule has 0 saturated carbocycles. The Morgan fingerprint density at radius 3 is 3.33 bits per heavy atom. The molecule has 0 radical (unpaired) electrons. The van der Waals surface area contributed by atoms with Crippen LogP contribution in [0.1, 0.15) is 9.67 Å². The topological polar surface area (TPSA) is 55.3 Å². The van der Waals surface area contributed by atoms with Gasteiger partial charge in [-0.15, -0.1) is 5.10 Å². The van der Waals surface area contributed by atoms with Gasteiger partial charge in [-0.1, -0.05) is 20.4 Å². The van der Waals surface area contributed by atoms with E-state index in [-0.39, 0.29) is 12.0 Å². The van der Waals surface area contributed by atoms with Crippen LogP contribution in [0.3, 0.4) is 0 Å². The van der Waals surface area contributed by atoms with Crippen LogP contribution >= 0.6 is 27.5 Å². The minimum atomic E-state index is -0.000694. The van der Waals surface area contributed by atoms with Crippen LogP contribution < -0.4 is 0 Å². The molecule has 1 saturated heterocycles. The fraction of sp³-hybridized carbons (Fsp3) is 0.625. The Kier molecular flexibility index (Phi) is 3.66. The van der Waals surface area contributed by atoms with Crippen molar-refractivity contribution >= 4 is 33.4 Å². The maximum atomic E-state index is 11.9. The summed E-state index contributed by atoms with van der Waals surface area (Å²) in [5.41, 5.74) is 0. The van der Waals surface area contributed by atoms with Crippen molar-refractivity contribution in [1.82, 2.24) is 14.5 Å². The van der Waals surface area contributed by atoms with E-state index < -0.39 is 0 Å². The molecule has 0 spiro atoms. The minimum Gasteiger partial charge on any atom is -0.374 e. The van der Waals surface area contributed by atoms with Gasteiger partial charge in [0.25, 0.3) is 5.91 Å². The molecule has 1 aliphatic heterocycles. The molecule has 7 heteroatoms. The molecule has 15 heavy (non-hydrogen) atoms. The number of nitrogens with zero attached hydrogens (tertiary/aromatic N) is 3. The van der Waals surface area contributed by atoms with Gasteiger partial charge in [0.2, 0.25) is 0 Å². The highest BCUT2D eigenvalue weighted by molar-refractivity contribution is 9.09. The summed E-state index contributed by atoms with van der Waals surface area (Å²) in [5, 5.41) is 4.41. The van der Waals surface area contributed by atoms with E-state index >= 15 is 0 Å². The summed E-state index contributed by atoms with van der Waals surface area (Å²) in [5.74, 6) is -0.000694. The van der Waals surface area contributed by atoms with Crippen LogP contribution in [0, 0.1) is 0 Å². The summed E-state index contributed by atoms with van der Waals surface area (Å²) in [7, 11) is 0. The van der Waals surface area contributed by atoms with Crippen molar-refractivity contribution in [3.63, 3.8) is 0 Å². The Labute approximate surface area is 99.7 Å². The van der Waals surface area contributed by atoms with Crippen LogP contribution in [0.2, 0.25) is 0 Å². The van der Waals surface area contributed by atoms with Crippen LogP contribution in [0.4, 0.5) is 0 Å². The Bertz CT molecular complexity index is 333. The van der Waals surface area contributed by atoms with E-state index in [0.29, 0.717) is 24.6 Å². The van der Waals surface area contributed by atoms with Crippen molar-refractivity contribution in [1.29, 1.82) is 0 Å². The molecule has 0 N–H and O–H groups in total. The van der Waals surface area contributed by atoms with Gasteiger partial charge in [0, 0.05) is 18.4 Å². The molecule has 1 aliphatic rings. The van der Waals surface area contributed by atoms with Gasteiger partial charge in [-0.3, -0.25) is 4.79 Å². The second-order valence-corrected chi connectivity index (χ2v) is 4.61. The standard InChI is InChI=1S/C8H10BrN3O2S/c9-3-6-5-12(1-2-14-6)8(13)7-4-10-11-15-7/h4,6H,1-3,5H2. The molecule has 1 atom stereocenters. The average Bonchev–Trinajstić information content (AvgIpc) is 2.81. The van der Waals surface area contributed by atoms with Crippen molar-refractivity contribution in [2.24, 2.45) is 0 Å². The highest BCUT2D eigenvalue weighted by Crippen LogP contribution is 2.13. The molecule has 1 fully saturated rings. The predicted molar refractivity (Wildman–Crippen MR) is 59.3 cm³/mol. The normalized spacial score (nSPS) is 21.7. The zero-order valence-corrected chi connectivity index (χ0v) is 10.3. The first kappa shape index (κ1) is 11.0. The van der Waals surface area contributed by atoms with Crippen molar-refractivity contribution < 1.29 is 9.53 Å². The van der Waals surface area contributed by atoms with Gasteiger partial charge in [0.1, 0.15) is 4.88 Å². The number of aromatic nitrogens is 2. The van der Waals surface area contributed by atoms with Crippen molar-refractivity contribution in [2.75, 3.05) is 25.0 Å². The van der Waals surface area contributed by atoms with Crippen LogP contribution in [0.25, 0.3) is 0 Å². The van der Waals surface area contributed by atoms with Crippen molar-refractivity contribution in [3.05, 3.63) is 11.1 Å². The number of carbonyl (C=O) groups is 1. The van der Waals surface area contributed by atoms with E-state index in [1.807, 2.05) is 0 Å². The molecule has 0 aromatic carbocycles. The van der Waals surface area contributed by atoms with Gasteiger partial charge >= 0.3 is 0 Å². The molecule has 1 aromatic rings. The van der Waals surface area contributed by atoms with E-state index in [1.165, 1.54) is 6.20 Å². The third kappa shape index (κ3) is 2.53. The number of ether oxygens (including phenoxy) is 1. The van der Waals surface area contributed by atoms with E-state index in [9.17, 15) is 4.79 Å². The lowest BCUT2D eigenvalue weighted by Gasteiger charge is -2.31. The molecule has 82 valence electrons. The van der Waals surface area contributed by atoms with Crippen LogP contribution in [0.5, 0.6) is 0 Å². The molecule has 1 unspecified atom stereocenters. The fourth-order valence-electron chi connectivity index (χ4n) is 1.41. The number of carbonyl (C=O) groups excluding carboxylic acids is 1. The first-order valence-corrected chi connectivity index (χ1v) is 6.45. The second-order valence-electron chi connectivity index (χ2n) is 3.18. The Morgan fingerprint density at radius 2 is 2.67 bits per heavy atom. The molecule has 2 heterocycles. The number of amides is 1. The lowest BCUT2D eigenvalue weighted by Crippen LogP contribution is -2.46. The number of hydrogen-bond acceptors (Lipinski definition) is 5. The first-order valence-electron chi connectivity index (χ1n) is 4.55. The lowest BCUT2D eigenvalue weighted by molar-refractivity contribution is -0.00946. The van der Waals surface area contributed by atoms with E-state index in [1.54, 1.807) is 4.90 Å². The van der Waals surface area contributed by atoms with E-state index in [2.05, 4.69) is 25.5 Å². The summed E-state index contributed by atoms with van der Waals surface area (Å²) in [4.78, 5) is 14.3. The monoisotopic (exact) mass is 291 g/mol. The Balaban J connectivity index is 2.01. The summed E-state index contributed by atoms with van der Waals surface area (Å²) < 4.78 is 9.14. The maximum absolute atomic E-state index is 11.9.